The van der Waals surface area contributed by atoms with Gasteiger partial charge in [-0.1, -0.05) is 36.4 Å². The van der Waals surface area contributed by atoms with Crippen LogP contribution >= 0.6 is 0 Å². The highest BCUT2D eigenvalue weighted by molar-refractivity contribution is 5.78. The second kappa shape index (κ2) is 6.93. The van der Waals surface area contributed by atoms with E-state index in [4.69, 9.17) is 9.47 Å². The van der Waals surface area contributed by atoms with Crippen LogP contribution in [0, 0.1) is 0 Å². The van der Waals surface area contributed by atoms with Crippen LogP contribution in [0.2, 0.25) is 0 Å². The maximum absolute atomic E-state index is 11.7. The van der Waals surface area contributed by atoms with Gasteiger partial charge in [-0.3, -0.25) is 4.79 Å². The number of rotatable bonds is 5. The van der Waals surface area contributed by atoms with E-state index >= 15 is 0 Å². The summed E-state index contributed by atoms with van der Waals surface area (Å²) in [5.41, 5.74) is 3.19. The van der Waals surface area contributed by atoms with E-state index in [1.807, 2.05) is 62.4 Å². The number of ether oxygens (including phenoxy) is 2. The molecule has 0 saturated carbocycles. The molecule has 1 atom stereocenters. The summed E-state index contributed by atoms with van der Waals surface area (Å²) in [6.07, 6.45) is 0. The lowest BCUT2D eigenvalue weighted by Crippen LogP contribution is -2.12. The Morgan fingerprint density at radius 1 is 1.00 bits per heavy atom. The zero-order valence-electron chi connectivity index (χ0n) is 12.6. The van der Waals surface area contributed by atoms with Crippen LogP contribution in [0.3, 0.4) is 0 Å². The molecule has 3 heteroatoms. The molecule has 0 amide bonds. The number of carbonyl (C=O) groups excluding carboxylic acids is 1. The molecule has 0 aliphatic rings. The first-order valence-electron chi connectivity index (χ1n) is 7.06. The van der Waals surface area contributed by atoms with Gasteiger partial charge < -0.3 is 9.47 Å². The summed E-state index contributed by atoms with van der Waals surface area (Å²) in [7, 11) is 1.65. The Hall–Kier alpha value is -2.29. The van der Waals surface area contributed by atoms with Gasteiger partial charge >= 0.3 is 5.97 Å². The maximum Gasteiger partial charge on any atom is 0.313 e. The molecule has 110 valence electrons. The number of methoxy groups -OCH3 is 1. The molecule has 0 aliphatic heterocycles. The van der Waals surface area contributed by atoms with Gasteiger partial charge in [0.05, 0.1) is 19.6 Å². The van der Waals surface area contributed by atoms with E-state index in [1.54, 1.807) is 7.11 Å². The molecule has 21 heavy (non-hydrogen) atoms. The van der Waals surface area contributed by atoms with Crippen molar-refractivity contribution in [2.24, 2.45) is 0 Å². The molecule has 0 fully saturated rings. The molecule has 0 aliphatic carbocycles. The van der Waals surface area contributed by atoms with E-state index in [2.05, 4.69) is 0 Å². The van der Waals surface area contributed by atoms with Crippen molar-refractivity contribution < 1.29 is 14.3 Å². The quantitative estimate of drug-likeness (QED) is 0.778. The molecule has 2 aromatic carbocycles. The van der Waals surface area contributed by atoms with Crippen LogP contribution in [-0.2, 0) is 9.53 Å². The second-order valence-corrected chi connectivity index (χ2v) is 4.82. The summed E-state index contributed by atoms with van der Waals surface area (Å²) >= 11 is 0. The summed E-state index contributed by atoms with van der Waals surface area (Å²) in [6, 6.07) is 15.9. The number of benzene rings is 2. The van der Waals surface area contributed by atoms with Crippen molar-refractivity contribution in [1.29, 1.82) is 0 Å². The minimum atomic E-state index is -0.241. The van der Waals surface area contributed by atoms with E-state index in [0.717, 1.165) is 22.4 Å². The lowest BCUT2D eigenvalue weighted by atomic mass is 9.97. The van der Waals surface area contributed by atoms with Crippen molar-refractivity contribution in [3.8, 4) is 16.9 Å². The monoisotopic (exact) mass is 284 g/mol. The van der Waals surface area contributed by atoms with Gasteiger partial charge in [0, 0.05) is 0 Å². The van der Waals surface area contributed by atoms with Gasteiger partial charge in [-0.25, -0.2) is 0 Å². The molecular formula is C18H20O3. The molecule has 2 aromatic rings. The average Bonchev–Trinajstić information content (AvgIpc) is 2.54. The van der Waals surface area contributed by atoms with Gasteiger partial charge in [0.15, 0.2) is 0 Å². The summed E-state index contributed by atoms with van der Waals surface area (Å²) in [5.74, 6) is 0.413. The van der Waals surface area contributed by atoms with Crippen LogP contribution in [0.5, 0.6) is 5.75 Å². The normalized spacial score (nSPS) is 11.8. The highest BCUT2D eigenvalue weighted by atomic mass is 16.5. The minimum Gasteiger partial charge on any atom is -0.497 e. The smallest absolute Gasteiger partial charge is 0.313 e. The van der Waals surface area contributed by atoms with Gasteiger partial charge in [-0.15, -0.1) is 0 Å². The molecule has 0 N–H and O–H groups in total. The number of hydrogen-bond acceptors (Lipinski definition) is 3. The predicted molar refractivity (Wildman–Crippen MR) is 83.5 cm³/mol. The molecule has 0 heterocycles. The highest BCUT2D eigenvalue weighted by Crippen LogP contribution is 2.25. The second-order valence-electron chi connectivity index (χ2n) is 4.82. The van der Waals surface area contributed by atoms with Crippen molar-refractivity contribution in [3.63, 3.8) is 0 Å². The third-order valence-electron chi connectivity index (χ3n) is 3.47. The largest absolute Gasteiger partial charge is 0.497 e. The van der Waals surface area contributed by atoms with E-state index in [0.29, 0.717) is 6.61 Å². The molecule has 3 nitrogen and oxygen atoms in total. The Bertz CT molecular complexity index is 585. The highest BCUT2D eigenvalue weighted by Gasteiger charge is 2.16. The fourth-order valence-corrected chi connectivity index (χ4v) is 2.15. The molecule has 1 unspecified atom stereocenters. The Morgan fingerprint density at radius 2 is 1.52 bits per heavy atom. The topological polar surface area (TPSA) is 35.5 Å². The molecule has 0 aromatic heterocycles. The third-order valence-corrected chi connectivity index (χ3v) is 3.47. The standard InChI is InChI=1S/C18H20O3/c1-4-21-18(19)13(2)14-5-7-15(8-6-14)16-9-11-17(20-3)12-10-16/h5-13H,4H2,1-3H3. The predicted octanol–water partition coefficient (Wildman–Crippen LogP) is 4.03. The minimum absolute atomic E-state index is 0.185. The van der Waals surface area contributed by atoms with Gasteiger partial charge in [0.2, 0.25) is 0 Å². The molecule has 2 rings (SSSR count). The van der Waals surface area contributed by atoms with Gasteiger partial charge in [-0.05, 0) is 42.7 Å². The summed E-state index contributed by atoms with van der Waals surface area (Å²) in [6.45, 7) is 4.09. The molecule has 0 saturated heterocycles. The first-order chi connectivity index (χ1) is 10.2. The molecular weight excluding hydrogens is 264 g/mol. The number of esters is 1. The Morgan fingerprint density at radius 3 is 2.00 bits per heavy atom. The lowest BCUT2D eigenvalue weighted by Gasteiger charge is -2.11. The SMILES string of the molecule is CCOC(=O)C(C)c1ccc(-c2ccc(OC)cc2)cc1. The van der Waals surface area contributed by atoms with Crippen LogP contribution in [0.4, 0.5) is 0 Å². The van der Waals surface area contributed by atoms with Crippen molar-refractivity contribution in [2.45, 2.75) is 19.8 Å². The Balaban J connectivity index is 2.16. The van der Waals surface area contributed by atoms with Crippen LogP contribution in [0.25, 0.3) is 11.1 Å². The van der Waals surface area contributed by atoms with Crippen LogP contribution in [0.15, 0.2) is 48.5 Å². The molecule has 0 bridgehead atoms. The zero-order valence-corrected chi connectivity index (χ0v) is 12.6. The third kappa shape index (κ3) is 3.63. The first-order valence-corrected chi connectivity index (χ1v) is 7.06. The van der Waals surface area contributed by atoms with E-state index in [1.165, 1.54) is 0 Å². The Kier molecular flexibility index (Phi) is 4.99. The fraction of sp³-hybridized carbons (Fsp3) is 0.278. The molecule has 0 spiro atoms. The average molecular weight is 284 g/mol. The van der Waals surface area contributed by atoms with Gasteiger partial charge in [0.25, 0.3) is 0 Å². The van der Waals surface area contributed by atoms with E-state index in [9.17, 15) is 4.79 Å². The molecule has 0 radical (unpaired) electrons. The van der Waals surface area contributed by atoms with E-state index < -0.39 is 0 Å². The van der Waals surface area contributed by atoms with Crippen molar-refractivity contribution in [2.75, 3.05) is 13.7 Å². The van der Waals surface area contributed by atoms with Crippen LogP contribution in [0.1, 0.15) is 25.3 Å². The van der Waals surface area contributed by atoms with Gasteiger partial charge in [-0.2, -0.15) is 0 Å². The maximum atomic E-state index is 11.7. The zero-order chi connectivity index (χ0) is 15.2. The Labute approximate surface area is 125 Å². The van der Waals surface area contributed by atoms with Crippen LogP contribution in [-0.4, -0.2) is 19.7 Å². The summed E-state index contributed by atoms with van der Waals surface area (Å²) in [5, 5.41) is 0. The van der Waals surface area contributed by atoms with Gasteiger partial charge in [0.1, 0.15) is 5.75 Å². The summed E-state index contributed by atoms with van der Waals surface area (Å²) in [4.78, 5) is 11.7. The fourth-order valence-electron chi connectivity index (χ4n) is 2.15. The van der Waals surface area contributed by atoms with E-state index in [-0.39, 0.29) is 11.9 Å². The lowest BCUT2D eigenvalue weighted by molar-refractivity contribution is -0.144. The summed E-state index contributed by atoms with van der Waals surface area (Å²) < 4.78 is 10.2. The number of carbonyl (C=O) groups is 1. The van der Waals surface area contributed by atoms with Crippen molar-refractivity contribution in [3.05, 3.63) is 54.1 Å². The van der Waals surface area contributed by atoms with Crippen molar-refractivity contribution in [1.82, 2.24) is 0 Å². The first kappa shape index (κ1) is 15.1. The van der Waals surface area contributed by atoms with Crippen molar-refractivity contribution >= 4 is 5.97 Å². The number of hydrogen-bond donors (Lipinski definition) is 0. The van der Waals surface area contributed by atoms with Crippen LogP contribution < -0.4 is 4.74 Å².